The Morgan fingerprint density at radius 2 is 1.84 bits per heavy atom. The van der Waals surface area contributed by atoms with Gasteiger partial charge in [0.05, 0.1) is 22.5 Å². The Bertz CT molecular complexity index is 1400. The highest BCUT2D eigenvalue weighted by atomic mass is 79.9. The van der Waals surface area contributed by atoms with Gasteiger partial charge in [-0.3, -0.25) is 14.5 Å². The Balaban J connectivity index is 1.36. The molecule has 0 aromatic heterocycles. The molecule has 3 aromatic rings. The van der Waals surface area contributed by atoms with Gasteiger partial charge in [0, 0.05) is 11.1 Å². The number of thioether (sulfide) groups is 1. The number of amides is 2. The first-order valence-corrected chi connectivity index (χ1v) is 13.4. The van der Waals surface area contributed by atoms with Gasteiger partial charge < -0.3 is 18.9 Å². The average molecular weight is 603 g/mol. The largest absolute Gasteiger partial charge is 0.490 e. The van der Waals surface area contributed by atoms with E-state index >= 15 is 0 Å². The minimum Gasteiger partial charge on any atom is -0.490 e. The van der Waals surface area contributed by atoms with Crippen molar-refractivity contribution in [2.24, 2.45) is 0 Å². The first-order chi connectivity index (χ1) is 17.9. The van der Waals surface area contributed by atoms with Crippen LogP contribution in [-0.2, 0) is 17.9 Å². The van der Waals surface area contributed by atoms with Crippen LogP contribution in [0.15, 0.2) is 64.0 Å². The van der Waals surface area contributed by atoms with Gasteiger partial charge in [-0.05, 0) is 75.6 Å². The maximum atomic E-state index is 13.1. The lowest BCUT2D eigenvalue weighted by Gasteiger charge is -2.15. The van der Waals surface area contributed by atoms with Crippen molar-refractivity contribution in [2.45, 2.75) is 20.1 Å². The van der Waals surface area contributed by atoms with Gasteiger partial charge in [0.25, 0.3) is 11.1 Å². The van der Waals surface area contributed by atoms with Gasteiger partial charge in [0.2, 0.25) is 6.79 Å². The number of fused-ring (bicyclic) bond motifs is 1. The highest BCUT2D eigenvalue weighted by Gasteiger charge is 2.36. The molecule has 0 unspecified atom stereocenters. The van der Waals surface area contributed by atoms with Gasteiger partial charge in [-0.2, -0.15) is 0 Å². The summed E-state index contributed by atoms with van der Waals surface area (Å²) in [6.07, 6.45) is 1.67. The lowest BCUT2D eigenvalue weighted by molar-refractivity contribution is -0.123. The summed E-state index contributed by atoms with van der Waals surface area (Å²) >= 11 is 10.8. The third-order valence-corrected chi connectivity index (χ3v) is 7.45. The molecule has 2 aliphatic heterocycles. The molecule has 0 aliphatic carbocycles. The summed E-state index contributed by atoms with van der Waals surface area (Å²) in [5.41, 5.74) is 2.31. The Morgan fingerprint density at radius 3 is 2.59 bits per heavy atom. The number of ether oxygens (including phenoxy) is 4. The van der Waals surface area contributed by atoms with Crippen molar-refractivity contribution in [3.63, 3.8) is 0 Å². The molecule has 2 heterocycles. The second kappa shape index (κ2) is 11.1. The van der Waals surface area contributed by atoms with Crippen LogP contribution < -0.4 is 18.9 Å². The maximum Gasteiger partial charge on any atom is 0.293 e. The van der Waals surface area contributed by atoms with Crippen LogP contribution in [0.5, 0.6) is 23.0 Å². The van der Waals surface area contributed by atoms with E-state index in [-0.39, 0.29) is 18.6 Å². The number of halogens is 2. The van der Waals surface area contributed by atoms with E-state index in [4.69, 9.17) is 30.5 Å². The van der Waals surface area contributed by atoms with Crippen LogP contribution in [0.3, 0.4) is 0 Å². The van der Waals surface area contributed by atoms with E-state index in [0.29, 0.717) is 61.7 Å². The zero-order chi connectivity index (χ0) is 25.9. The van der Waals surface area contributed by atoms with Crippen molar-refractivity contribution in [1.29, 1.82) is 0 Å². The van der Waals surface area contributed by atoms with Gasteiger partial charge in [0.1, 0.15) is 6.61 Å². The van der Waals surface area contributed by atoms with Crippen LogP contribution in [0.2, 0.25) is 5.02 Å². The van der Waals surface area contributed by atoms with Crippen LogP contribution in [0.4, 0.5) is 4.79 Å². The van der Waals surface area contributed by atoms with E-state index in [0.717, 1.165) is 22.2 Å². The first kappa shape index (κ1) is 25.5. The number of rotatable bonds is 8. The van der Waals surface area contributed by atoms with Crippen LogP contribution in [0.1, 0.15) is 23.6 Å². The topological polar surface area (TPSA) is 74.3 Å². The number of carbonyl (C=O) groups excluding carboxylic acids is 2. The highest BCUT2D eigenvalue weighted by Crippen LogP contribution is 2.41. The maximum absolute atomic E-state index is 13.1. The molecule has 37 heavy (non-hydrogen) atoms. The summed E-state index contributed by atoms with van der Waals surface area (Å²) < 4.78 is 23.2. The van der Waals surface area contributed by atoms with Crippen molar-refractivity contribution in [1.82, 2.24) is 4.90 Å². The van der Waals surface area contributed by atoms with Crippen molar-refractivity contribution in [2.75, 3.05) is 13.4 Å². The summed E-state index contributed by atoms with van der Waals surface area (Å²) in [6.45, 7) is 2.82. The van der Waals surface area contributed by atoms with Crippen molar-refractivity contribution in [3.8, 4) is 23.0 Å². The van der Waals surface area contributed by atoms with E-state index in [2.05, 4.69) is 15.9 Å². The summed E-state index contributed by atoms with van der Waals surface area (Å²) in [5, 5.41) is 0.0144. The van der Waals surface area contributed by atoms with Crippen LogP contribution in [0.25, 0.3) is 6.08 Å². The minimum absolute atomic E-state index is 0.0254. The fourth-order valence-electron chi connectivity index (χ4n) is 3.84. The number of hydrogen-bond acceptors (Lipinski definition) is 7. The molecule has 2 amide bonds. The molecule has 5 rings (SSSR count). The van der Waals surface area contributed by atoms with Crippen molar-refractivity contribution in [3.05, 3.63) is 85.7 Å². The molecule has 2 aliphatic rings. The average Bonchev–Trinajstić information content (AvgIpc) is 3.43. The first-order valence-electron chi connectivity index (χ1n) is 11.4. The van der Waals surface area contributed by atoms with Gasteiger partial charge in [-0.1, -0.05) is 41.9 Å². The molecule has 1 saturated heterocycles. The molecule has 0 atom stereocenters. The normalized spacial score (nSPS) is 15.5. The van der Waals surface area contributed by atoms with Crippen molar-refractivity contribution < 1.29 is 28.5 Å². The lowest BCUT2D eigenvalue weighted by atomic mass is 10.1. The third-order valence-electron chi connectivity index (χ3n) is 5.60. The molecule has 0 bridgehead atoms. The zero-order valence-electron chi connectivity index (χ0n) is 19.7. The summed E-state index contributed by atoms with van der Waals surface area (Å²) in [7, 11) is 0. The van der Waals surface area contributed by atoms with Gasteiger partial charge in [0.15, 0.2) is 23.0 Å². The van der Waals surface area contributed by atoms with Crippen molar-refractivity contribution >= 4 is 56.5 Å². The molecule has 1 fully saturated rings. The van der Waals surface area contributed by atoms with E-state index in [9.17, 15) is 9.59 Å². The zero-order valence-corrected chi connectivity index (χ0v) is 22.8. The standard InChI is InChI=1S/C27H21BrClNO6S/c1-2-33-23-9-17(8-19(28)25(23)34-14-16-6-4-3-5-7-16)10-24-26(31)30(27(32)37-24)13-18-11-21-22(12-20(18)29)36-15-35-21/h3-12H,2,13-15H2,1H3/b24-10-. The molecule has 0 saturated carbocycles. The second-order valence-electron chi connectivity index (χ2n) is 8.10. The van der Waals surface area contributed by atoms with Gasteiger partial charge in [-0.25, -0.2) is 0 Å². The van der Waals surface area contributed by atoms with E-state index < -0.39 is 5.91 Å². The summed E-state index contributed by atoms with van der Waals surface area (Å²) in [4.78, 5) is 27.3. The summed E-state index contributed by atoms with van der Waals surface area (Å²) in [6, 6.07) is 16.8. The Morgan fingerprint density at radius 1 is 1.08 bits per heavy atom. The fraction of sp³-hybridized carbons (Fsp3) is 0.185. The van der Waals surface area contributed by atoms with E-state index in [1.807, 2.05) is 43.3 Å². The molecule has 3 aromatic carbocycles. The molecule has 7 nitrogen and oxygen atoms in total. The predicted molar refractivity (Wildman–Crippen MR) is 145 cm³/mol. The molecular formula is C27H21BrClNO6S. The highest BCUT2D eigenvalue weighted by molar-refractivity contribution is 9.10. The molecule has 0 N–H and O–H groups in total. The molecule has 0 spiro atoms. The lowest BCUT2D eigenvalue weighted by Crippen LogP contribution is -2.27. The number of hydrogen-bond donors (Lipinski definition) is 0. The number of carbonyl (C=O) groups is 2. The quantitative estimate of drug-likeness (QED) is 0.256. The number of imide groups is 1. The monoisotopic (exact) mass is 601 g/mol. The third kappa shape index (κ3) is 5.58. The SMILES string of the molecule is CCOc1cc(/C=C2\SC(=O)N(Cc3cc4c(cc3Cl)OCO4)C2=O)cc(Br)c1OCc1ccccc1. The van der Waals surface area contributed by atoms with E-state index in [1.165, 1.54) is 0 Å². The van der Waals surface area contributed by atoms with Crippen LogP contribution in [0, 0.1) is 0 Å². The molecule has 0 radical (unpaired) electrons. The summed E-state index contributed by atoms with van der Waals surface area (Å²) in [5.74, 6) is 1.76. The predicted octanol–water partition coefficient (Wildman–Crippen LogP) is 7.05. The number of benzene rings is 3. The van der Waals surface area contributed by atoms with Gasteiger partial charge >= 0.3 is 0 Å². The Labute approximate surface area is 231 Å². The van der Waals surface area contributed by atoms with Gasteiger partial charge in [-0.15, -0.1) is 0 Å². The smallest absolute Gasteiger partial charge is 0.293 e. The van der Waals surface area contributed by atoms with Crippen LogP contribution in [-0.4, -0.2) is 29.4 Å². The Kier molecular flexibility index (Phi) is 7.64. The molecule has 10 heteroatoms. The molecule has 190 valence electrons. The minimum atomic E-state index is -0.401. The second-order valence-corrected chi connectivity index (χ2v) is 10.4. The molecular weight excluding hydrogens is 582 g/mol. The fourth-order valence-corrected chi connectivity index (χ4v) is 5.47. The Hall–Kier alpha value is -3.14. The number of nitrogens with zero attached hydrogens (tertiary/aromatic N) is 1. The van der Waals surface area contributed by atoms with E-state index in [1.54, 1.807) is 24.3 Å². The van der Waals surface area contributed by atoms with Crippen LogP contribution >= 0.6 is 39.3 Å².